The highest BCUT2D eigenvalue weighted by molar-refractivity contribution is 7.99. The number of hydrogen-bond acceptors (Lipinski definition) is 10. The number of carbonyl (C=O) groups is 2. The molecule has 2 aliphatic carbocycles. The van der Waals surface area contributed by atoms with E-state index in [-0.39, 0.29) is 25.6 Å². The van der Waals surface area contributed by atoms with Gasteiger partial charge in [0.1, 0.15) is 11.9 Å². The molecule has 5 rings (SSSR count). The maximum Gasteiger partial charge on any atom is 0.314 e. The van der Waals surface area contributed by atoms with Crippen LogP contribution in [0.1, 0.15) is 75.3 Å². The Bertz CT molecular complexity index is 1700. The first-order valence-corrected chi connectivity index (χ1v) is 21.0. The quantitative estimate of drug-likeness (QED) is 0.0414. The number of nitrogens with zero attached hydrogens (tertiary/aromatic N) is 1. The molecule has 0 radical (unpaired) electrons. The summed E-state index contributed by atoms with van der Waals surface area (Å²) < 4.78 is 12.9. The number of unbranched alkanes of at least 4 members (excludes halogenated alkanes) is 3. The van der Waals surface area contributed by atoms with Gasteiger partial charge in [-0.3, -0.25) is 4.98 Å². The number of ether oxygens (including phenoxy) is 2. The molecule has 56 heavy (non-hydrogen) atoms. The van der Waals surface area contributed by atoms with Gasteiger partial charge in [0.2, 0.25) is 0 Å². The number of benzene rings is 2. The molecule has 0 aliphatic heterocycles. The monoisotopic (exact) mass is 813 g/mol. The molecule has 4 amide bonds. The van der Waals surface area contributed by atoms with Crippen LogP contribution in [0.5, 0.6) is 5.75 Å². The van der Waals surface area contributed by atoms with Gasteiger partial charge >= 0.3 is 12.1 Å². The van der Waals surface area contributed by atoms with Gasteiger partial charge in [-0.1, -0.05) is 36.2 Å². The van der Waals surface area contributed by atoms with E-state index in [1.807, 2.05) is 42.7 Å². The zero-order valence-electron chi connectivity index (χ0n) is 31.8. The fourth-order valence-electron chi connectivity index (χ4n) is 6.17. The predicted molar refractivity (Wildman–Crippen MR) is 217 cm³/mol. The van der Waals surface area contributed by atoms with E-state index in [4.69, 9.17) is 26.2 Å². The largest absolute Gasteiger partial charge is 0.490 e. The smallest absolute Gasteiger partial charge is 0.314 e. The van der Waals surface area contributed by atoms with E-state index in [1.54, 1.807) is 11.8 Å². The van der Waals surface area contributed by atoms with Crippen molar-refractivity contribution in [3.63, 3.8) is 0 Å². The summed E-state index contributed by atoms with van der Waals surface area (Å²) in [4.78, 5) is 29.6. The van der Waals surface area contributed by atoms with Crippen molar-refractivity contribution in [3.8, 4) is 16.9 Å². The molecular weight excluding hydrogens is 758 g/mol. The summed E-state index contributed by atoms with van der Waals surface area (Å²) in [5, 5.41) is 49.5. The Morgan fingerprint density at radius 1 is 0.875 bits per heavy atom. The average molecular weight is 814 g/mol. The molecule has 1 heterocycles. The van der Waals surface area contributed by atoms with Crippen LogP contribution < -0.4 is 26.0 Å². The van der Waals surface area contributed by atoms with Crippen molar-refractivity contribution in [3.05, 3.63) is 77.1 Å². The fourth-order valence-corrected chi connectivity index (χ4v) is 7.32. The minimum atomic E-state index is -1.48. The third kappa shape index (κ3) is 13.8. The first-order valence-electron chi connectivity index (χ1n) is 19.6. The van der Waals surface area contributed by atoms with Gasteiger partial charge in [-0.05, 0) is 105 Å². The number of rotatable bonds is 25. The van der Waals surface area contributed by atoms with Crippen LogP contribution in [-0.4, -0.2) is 100 Å². The second-order valence-corrected chi connectivity index (χ2v) is 15.9. The Morgan fingerprint density at radius 2 is 1.57 bits per heavy atom. The van der Waals surface area contributed by atoms with E-state index < -0.39 is 29.9 Å². The minimum Gasteiger partial charge on any atom is -0.490 e. The molecule has 2 aliphatic rings. The Labute approximate surface area is 338 Å². The Morgan fingerprint density at radius 3 is 2.27 bits per heavy atom. The van der Waals surface area contributed by atoms with Gasteiger partial charge in [-0.15, -0.1) is 11.8 Å². The van der Waals surface area contributed by atoms with Crippen molar-refractivity contribution in [2.24, 2.45) is 0 Å². The second-order valence-electron chi connectivity index (χ2n) is 14.3. The first kappa shape index (κ1) is 43.5. The molecule has 13 nitrogen and oxygen atoms in total. The molecule has 2 fully saturated rings. The summed E-state index contributed by atoms with van der Waals surface area (Å²) in [7, 11) is 0. The van der Waals surface area contributed by atoms with Gasteiger partial charge in [0, 0.05) is 66.2 Å². The van der Waals surface area contributed by atoms with Crippen molar-refractivity contribution >= 4 is 35.4 Å². The number of aromatic nitrogens is 1. The van der Waals surface area contributed by atoms with E-state index in [0.29, 0.717) is 50.2 Å². The van der Waals surface area contributed by atoms with Crippen LogP contribution in [0.15, 0.2) is 65.8 Å². The van der Waals surface area contributed by atoms with Crippen LogP contribution in [0.2, 0.25) is 5.02 Å². The van der Waals surface area contributed by atoms with Gasteiger partial charge in [0.25, 0.3) is 0 Å². The van der Waals surface area contributed by atoms with Crippen molar-refractivity contribution in [1.82, 2.24) is 26.3 Å². The van der Waals surface area contributed by atoms with Gasteiger partial charge in [0.05, 0.1) is 30.5 Å². The summed E-state index contributed by atoms with van der Waals surface area (Å²) in [6, 6.07) is 15.6. The average Bonchev–Trinajstić information content (AvgIpc) is 4.16. The molecule has 8 N–H and O–H groups in total. The summed E-state index contributed by atoms with van der Waals surface area (Å²) in [5.74, 6) is 1.85. The molecule has 2 saturated carbocycles. The fraction of sp³-hybridized carbons (Fsp3) is 0.537. The molecule has 3 unspecified atom stereocenters. The highest BCUT2D eigenvalue weighted by Gasteiger charge is 2.48. The normalized spacial score (nSPS) is 16.0. The first-order chi connectivity index (χ1) is 27.2. The third-order valence-electron chi connectivity index (χ3n) is 9.77. The third-order valence-corrected chi connectivity index (χ3v) is 11.2. The number of aliphatic hydroxyl groups is 4. The number of hydrogen-bond donors (Lipinski definition) is 8. The Kier molecular flexibility index (Phi) is 17.4. The van der Waals surface area contributed by atoms with Crippen LogP contribution in [0.3, 0.4) is 0 Å². The summed E-state index contributed by atoms with van der Waals surface area (Å²) >= 11 is 8.43. The van der Waals surface area contributed by atoms with Crippen molar-refractivity contribution in [2.75, 3.05) is 38.5 Å². The highest BCUT2D eigenvalue weighted by atomic mass is 35.5. The lowest BCUT2D eigenvalue weighted by Gasteiger charge is -2.22. The number of halogens is 1. The van der Waals surface area contributed by atoms with Gasteiger partial charge in [0.15, 0.2) is 0 Å². The van der Waals surface area contributed by atoms with Crippen molar-refractivity contribution in [1.29, 1.82) is 0 Å². The number of amides is 4. The summed E-state index contributed by atoms with van der Waals surface area (Å²) in [6.45, 7) is 1.23. The minimum absolute atomic E-state index is 0.0778. The maximum absolute atomic E-state index is 12.1. The van der Waals surface area contributed by atoms with Gasteiger partial charge in [-0.2, -0.15) is 0 Å². The lowest BCUT2D eigenvalue weighted by atomic mass is 9.96. The zero-order chi connectivity index (χ0) is 39.8. The standard InChI is InChI=1S/C41H56ClN5O8S/c42-34-13-12-30(24-28(34)27-54-41(16-17-41)33-25-43-21-14-31(33)32-8-2-3-9-37(32)55-29-10-11-29)56-23-7-1-4-18-44-39(52)45-19-5-6-20-46-40(53)47-26-36(50)38(51)35(49)15-22-48/h2-3,8-9,12-14,21,24-25,29,35-36,38,48-51H,1,4-7,10-11,15-20,22-23,26-27H2,(H2,44,45,52)(H2,46,47,53). The van der Waals surface area contributed by atoms with Crippen LogP contribution in [0.25, 0.3) is 11.1 Å². The van der Waals surface area contributed by atoms with Crippen molar-refractivity contribution in [2.45, 2.75) is 106 Å². The lowest BCUT2D eigenvalue weighted by molar-refractivity contribution is -0.0634. The van der Waals surface area contributed by atoms with E-state index >= 15 is 0 Å². The van der Waals surface area contributed by atoms with Crippen LogP contribution >= 0.6 is 23.4 Å². The number of pyridine rings is 1. The zero-order valence-corrected chi connectivity index (χ0v) is 33.3. The molecule has 0 spiro atoms. The van der Waals surface area contributed by atoms with E-state index in [1.165, 1.54) is 0 Å². The SMILES string of the molecule is O=C(NCCCCCSc1ccc(Cl)c(COC2(c3cnccc3-c3ccccc3OC3CC3)CC2)c1)NCCCCNC(=O)NCC(O)C(O)C(O)CCO. The number of para-hydroxylation sites is 1. The lowest BCUT2D eigenvalue weighted by Crippen LogP contribution is -2.47. The van der Waals surface area contributed by atoms with E-state index in [2.05, 4.69) is 44.5 Å². The molecule has 15 heteroatoms. The topological polar surface area (TPSA) is 195 Å². The number of aliphatic hydroxyl groups excluding tert-OH is 4. The molecule has 2 aromatic carbocycles. The molecule has 306 valence electrons. The van der Waals surface area contributed by atoms with Crippen LogP contribution in [0, 0.1) is 0 Å². The summed E-state index contributed by atoms with van der Waals surface area (Å²) in [5.41, 5.74) is 3.81. The van der Waals surface area contributed by atoms with Crippen LogP contribution in [0.4, 0.5) is 9.59 Å². The Hall–Kier alpha value is -3.63. The van der Waals surface area contributed by atoms with E-state index in [0.717, 1.165) is 83.6 Å². The molecule has 1 aromatic heterocycles. The number of thioether (sulfide) groups is 1. The maximum atomic E-state index is 12.1. The van der Waals surface area contributed by atoms with Gasteiger partial charge in [-0.25, -0.2) is 9.59 Å². The number of nitrogens with one attached hydrogen (secondary N) is 4. The highest BCUT2D eigenvalue weighted by Crippen LogP contribution is 2.53. The molecule has 0 bridgehead atoms. The number of urea groups is 2. The molecule has 3 atom stereocenters. The van der Waals surface area contributed by atoms with E-state index in [9.17, 15) is 24.9 Å². The second kappa shape index (κ2) is 22.3. The summed E-state index contributed by atoms with van der Waals surface area (Å²) in [6.07, 6.45) is 8.06. The molecule has 3 aromatic rings. The number of carbonyl (C=O) groups excluding carboxylic acids is 2. The molecule has 0 saturated heterocycles. The predicted octanol–water partition coefficient (Wildman–Crippen LogP) is 5.26. The Balaban J connectivity index is 0.924. The van der Waals surface area contributed by atoms with Gasteiger partial charge < -0.3 is 51.2 Å². The van der Waals surface area contributed by atoms with Crippen molar-refractivity contribution < 1.29 is 39.5 Å². The molecular formula is C41H56ClN5O8S. The van der Waals surface area contributed by atoms with Crippen LogP contribution in [-0.2, 0) is 16.9 Å².